The summed E-state index contributed by atoms with van der Waals surface area (Å²) in [6.45, 7) is 3.02. The molecule has 0 radical (unpaired) electrons. The summed E-state index contributed by atoms with van der Waals surface area (Å²) in [4.78, 5) is 23.9. The second kappa shape index (κ2) is 9.20. The Balaban J connectivity index is 1.90. The van der Waals surface area contributed by atoms with Crippen molar-refractivity contribution in [2.24, 2.45) is 0 Å². The summed E-state index contributed by atoms with van der Waals surface area (Å²) in [5, 5.41) is 5.57. The van der Waals surface area contributed by atoms with Gasteiger partial charge in [-0.15, -0.1) is 0 Å². The molecule has 0 fully saturated rings. The van der Waals surface area contributed by atoms with Crippen LogP contribution < -0.4 is 10.6 Å². The number of nitrogens with one attached hydrogen (secondary N) is 2. The van der Waals surface area contributed by atoms with Crippen molar-refractivity contribution in [2.45, 2.75) is 32.4 Å². The maximum atomic E-state index is 13.8. The molecule has 138 valence electrons. The number of hydrogen-bond donors (Lipinski definition) is 2. The van der Waals surface area contributed by atoms with Crippen molar-refractivity contribution in [1.29, 1.82) is 0 Å². The van der Waals surface area contributed by atoms with Gasteiger partial charge in [0.05, 0.1) is 12.6 Å². The van der Waals surface area contributed by atoms with Gasteiger partial charge in [-0.05, 0) is 31.9 Å². The van der Waals surface area contributed by atoms with Gasteiger partial charge in [0.25, 0.3) is 0 Å². The number of ketones is 1. The fourth-order valence-corrected chi connectivity index (χ4v) is 2.60. The monoisotopic (exact) mass is 360 g/mol. The van der Waals surface area contributed by atoms with Gasteiger partial charge in [0.15, 0.2) is 5.78 Å². The van der Waals surface area contributed by atoms with Gasteiger partial charge in [-0.1, -0.05) is 36.4 Å². The molecule has 4 nitrogen and oxygen atoms in total. The summed E-state index contributed by atoms with van der Waals surface area (Å²) < 4.78 is 26.7. The zero-order chi connectivity index (χ0) is 19.1. The highest BCUT2D eigenvalue weighted by Gasteiger charge is 2.18. The highest BCUT2D eigenvalue weighted by molar-refractivity contribution is 5.88. The van der Waals surface area contributed by atoms with E-state index in [-0.39, 0.29) is 23.8 Å². The summed E-state index contributed by atoms with van der Waals surface area (Å²) >= 11 is 0. The van der Waals surface area contributed by atoms with Gasteiger partial charge in [-0.25, -0.2) is 8.78 Å². The van der Waals surface area contributed by atoms with Crippen LogP contribution in [0.1, 0.15) is 31.0 Å². The number of halogens is 2. The first-order valence-electron chi connectivity index (χ1n) is 8.39. The number of benzene rings is 2. The molecule has 0 bridgehead atoms. The van der Waals surface area contributed by atoms with Gasteiger partial charge >= 0.3 is 0 Å². The van der Waals surface area contributed by atoms with Crippen molar-refractivity contribution in [3.63, 3.8) is 0 Å². The Morgan fingerprint density at radius 3 is 2.38 bits per heavy atom. The van der Waals surface area contributed by atoms with E-state index >= 15 is 0 Å². The Morgan fingerprint density at radius 1 is 1.08 bits per heavy atom. The minimum absolute atomic E-state index is 0.0868. The van der Waals surface area contributed by atoms with Crippen LogP contribution in [0.4, 0.5) is 8.78 Å². The molecule has 1 amide bonds. The van der Waals surface area contributed by atoms with Gasteiger partial charge in [-0.2, -0.15) is 0 Å². The fraction of sp³-hybridized carbons (Fsp3) is 0.300. The molecule has 2 atom stereocenters. The van der Waals surface area contributed by atoms with Gasteiger partial charge in [0.2, 0.25) is 5.91 Å². The van der Waals surface area contributed by atoms with E-state index in [0.29, 0.717) is 6.42 Å². The third-order valence-corrected chi connectivity index (χ3v) is 4.11. The number of hydrogen-bond acceptors (Lipinski definition) is 3. The van der Waals surface area contributed by atoms with Crippen molar-refractivity contribution < 1.29 is 18.4 Å². The van der Waals surface area contributed by atoms with Crippen LogP contribution in [0, 0.1) is 11.6 Å². The molecule has 0 spiro atoms. The molecule has 0 aromatic heterocycles. The molecule has 0 aliphatic rings. The molecule has 0 aliphatic heterocycles. The van der Waals surface area contributed by atoms with Crippen molar-refractivity contribution in [2.75, 3.05) is 6.54 Å². The Bertz CT molecular complexity index is 766. The Labute approximate surface area is 151 Å². The van der Waals surface area contributed by atoms with E-state index < -0.39 is 23.7 Å². The van der Waals surface area contributed by atoms with Crippen LogP contribution >= 0.6 is 0 Å². The molecule has 2 aromatic carbocycles. The molecule has 26 heavy (non-hydrogen) atoms. The minimum atomic E-state index is -0.670. The van der Waals surface area contributed by atoms with Gasteiger partial charge in [0, 0.05) is 17.7 Å². The summed E-state index contributed by atoms with van der Waals surface area (Å²) in [6, 6.07) is 11.6. The van der Waals surface area contributed by atoms with Crippen molar-refractivity contribution in [3.05, 3.63) is 71.3 Å². The third-order valence-electron chi connectivity index (χ3n) is 4.11. The maximum absolute atomic E-state index is 13.8. The van der Waals surface area contributed by atoms with Crippen LogP contribution in [0.25, 0.3) is 0 Å². The predicted octanol–water partition coefficient (Wildman–Crippen LogP) is 2.93. The van der Waals surface area contributed by atoms with E-state index in [4.69, 9.17) is 0 Å². The van der Waals surface area contributed by atoms with E-state index in [1.54, 1.807) is 6.92 Å². The zero-order valence-electron chi connectivity index (χ0n) is 14.8. The summed E-state index contributed by atoms with van der Waals surface area (Å²) in [6.07, 6.45) is 0.407. The van der Waals surface area contributed by atoms with Crippen LogP contribution in [0.2, 0.25) is 0 Å². The second-order valence-electron chi connectivity index (χ2n) is 6.19. The highest BCUT2D eigenvalue weighted by Crippen LogP contribution is 2.17. The summed E-state index contributed by atoms with van der Waals surface area (Å²) in [7, 11) is 0. The molecular weight excluding hydrogens is 338 g/mol. The van der Waals surface area contributed by atoms with Crippen molar-refractivity contribution in [1.82, 2.24) is 10.6 Å². The smallest absolute Gasteiger partial charge is 0.234 e. The number of Topliss-reactive ketones (excluding diaryl/α,β-unsaturated/α-hetero) is 1. The average Bonchev–Trinajstić information content (AvgIpc) is 2.60. The first-order valence-corrected chi connectivity index (χ1v) is 8.39. The molecule has 6 heteroatoms. The predicted molar refractivity (Wildman–Crippen MR) is 95.5 cm³/mol. The first kappa shape index (κ1) is 19.7. The van der Waals surface area contributed by atoms with Gasteiger partial charge in [0.1, 0.15) is 11.6 Å². The van der Waals surface area contributed by atoms with E-state index in [9.17, 15) is 18.4 Å². The molecular formula is C20H22F2N2O2. The Hall–Kier alpha value is -2.60. The molecule has 0 saturated heterocycles. The number of amides is 1. The topological polar surface area (TPSA) is 58.2 Å². The highest BCUT2D eigenvalue weighted by atomic mass is 19.1. The van der Waals surface area contributed by atoms with E-state index in [2.05, 4.69) is 10.6 Å². The Morgan fingerprint density at radius 2 is 1.77 bits per heavy atom. The number of carbonyl (C=O) groups excluding carboxylic acids is 2. The van der Waals surface area contributed by atoms with Crippen LogP contribution in [-0.4, -0.2) is 24.3 Å². The summed E-state index contributed by atoms with van der Waals surface area (Å²) in [5.74, 6) is -1.83. The van der Waals surface area contributed by atoms with E-state index in [1.807, 2.05) is 30.3 Å². The third kappa shape index (κ3) is 5.74. The molecule has 0 aliphatic carbocycles. The lowest BCUT2D eigenvalue weighted by molar-refractivity contribution is -0.126. The van der Waals surface area contributed by atoms with Crippen molar-refractivity contribution >= 4 is 11.7 Å². The van der Waals surface area contributed by atoms with Crippen LogP contribution in [0.5, 0.6) is 0 Å². The minimum Gasteiger partial charge on any atom is -0.345 e. The molecule has 2 rings (SSSR count). The molecule has 0 heterocycles. The maximum Gasteiger partial charge on any atom is 0.234 e. The average molecular weight is 360 g/mol. The molecule has 2 aromatic rings. The largest absolute Gasteiger partial charge is 0.345 e. The van der Waals surface area contributed by atoms with E-state index in [1.165, 1.54) is 19.1 Å². The molecule has 0 unspecified atom stereocenters. The molecule has 0 saturated carbocycles. The Kier molecular flexibility index (Phi) is 6.97. The first-order chi connectivity index (χ1) is 12.4. The second-order valence-corrected chi connectivity index (χ2v) is 6.19. The van der Waals surface area contributed by atoms with Gasteiger partial charge in [-0.3, -0.25) is 9.59 Å². The quantitative estimate of drug-likeness (QED) is 0.761. The van der Waals surface area contributed by atoms with Crippen LogP contribution in [0.15, 0.2) is 48.5 Å². The van der Waals surface area contributed by atoms with Gasteiger partial charge < -0.3 is 10.6 Å². The number of rotatable bonds is 8. The van der Waals surface area contributed by atoms with Crippen LogP contribution in [-0.2, 0) is 16.0 Å². The fourth-order valence-electron chi connectivity index (χ4n) is 2.60. The zero-order valence-corrected chi connectivity index (χ0v) is 14.8. The lowest BCUT2D eigenvalue weighted by Crippen LogP contribution is -2.45. The van der Waals surface area contributed by atoms with E-state index in [0.717, 1.165) is 11.6 Å². The standard InChI is InChI=1S/C20H22F2N2O2/c1-13(17-9-8-16(21)11-18(17)22)23-12-20(26)24-19(14(2)25)10-15-6-4-3-5-7-15/h3-9,11,13,19,23H,10,12H2,1-2H3,(H,24,26)/t13-,19-/m0/s1. The lowest BCUT2D eigenvalue weighted by atomic mass is 10.0. The van der Waals surface area contributed by atoms with Crippen molar-refractivity contribution in [3.8, 4) is 0 Å². The lowest BCUT2D eigenvalue weighted by Gasteiger charge is -2.18. The normalized spacial score (nSPS) is 13.1. The SMILES string of the molecule is CC(=O)[C@H](Cc1ccccc1)NC(=O)CN[C@@H](C)c1ccc(F)cc1F. The summed E-state index contributed by atoms with van der Waals surface area (Å²) in [5.41, 5.74) is 1.22. The molecule has 2 N–H and O–H groups in total. The number of carbonyl (C=O) groups is 2. The van der Waals surface area contributed by atoms with Crippen LogP contribution in [0.3, 0.4) is 0 Å².